The third-order valence-electron chi connectivity index (χ3n) is 3.09. The van der Waals surface area contributed by atoms with Gasteiger partial charge in [-0.2, -0.15) is 0 Å². The van der Waals surface area contributed by atoms with Crippen LogP contribution in [0, 0.1) is 11.7 Å². The van der Waals surface area contributed by atoms with Gasteiger partial charge in [0.2, 0.25) is 10.0 Å². The number of rotatable bonds is 4. The number of nitrogens with one attached hydrogen (secondary N) is 1. The molecule has 0 radical (unpaired) electrons. The second-order valence-electron chi connectivity index (χ2n) is 4.48. The van der Waals surface area contributed by atoms with E-state index in [2.05, 4.69) is 20.7 Å². The molecule has 1 fully saturated rings. The summed E-state index contributed by atoms with van der Waals surface area (Å²) in [4.78, 5) is -0.317. The Bertz CT molecular complexity index is 544. The lowest BCUT2D eigenvalue weighted by atomic mass is 10.0. The van der Waals surface area contributed by atoms with Gasteiger partial charge in [0, 0.05) is 24.2 Å². The van der Waals surface area contributed by atoms with Crippen molar-refractivity contribution < 1.29 is 17.5 Å². The van der Waals surface area contributed by atoms with Crippen molar-refractivity contribution >= 4 is 26.0 Å². The van der Waals surface area contributed by atoms with Gasteiger partial charge in [-0.3, -0.25) is 0 Å². The largest absolute Gasteiger partial charge is 0.381 e. The molecule has 7 heteroatoms. The number of sulfonamides is 1. The average Bonchev–Trinajstić information content (AvgIpc) is 2.37. The highest BCUT2D eigenvalue weighted by Gasteiger charge is 2.21. The lowest BCUT2D eigenvalue weighted by Gasteiger charge is -2.22. The standard InChI is InChI=1S/C12H15BrFNO3S/c13-10-1-2-12(11(14)7-10)19(16,17)15-8-9-3-5-18-6-4-9/h1-2,7,9,15H,3-6,8H2. The maximum Gasteiger partial charge on any atom is 0.243 e. The molecule has 0 spiro atoms. The first-order valence-corrected chi connectivity index (χ1v) is 8.29. The summed E-state index contributed by atoms with van der Waals surface area (Å²) < 4.78 is 45.8. The van der Waals surface area contributed by atoms with Crippen LogP contribution in [0.1, 0.15) is 12.8 Å². The van der Waals surface area contributed by atoms with Crippen LogP contribution in [-0.4, -0.2) is 28.2 Å². The second kappa shape index (κ2) is 6.30. The fraction of sp³-hybridized carbons (Fsp3) is 0.500. The van der Waals surface area contributed by atoms with Gasteiger partial charge in [-0.1, -0.05) is 15.9 Å². The fourth-order valence-corrected chi connectivity index (χ4v) is 3.46. The topological polar surface area (TPSA) is 55.4 Å². The molecular formula is C12H15BrFNO3S. The number of hydrogen-bond acceptors (Lipinski definition) is 3. The molecule has 1 aromatic carbocycles. The summed E-state index contributed by atoms with van der Waals surface area (Å²) in [5.41, 5.74) is 0. The molecule has 0 saturated carbocycles. The summed E-state index contributed by atoms with van der Waals surface area (Å²) in [6.07, 6.45) is 1.65. The van der Waals surface area contributed by atoms with Crippen LogP contribution in [0.3, 0.4) is 0 Å². The maximum absolute atomic E-state index is 13.6. The number of halogens is 2. The van der Waals surface area contributed by atoms with Crippen LogP contribution in [0.25, 0.3) is 0 Å². The Hall–Kier alpha value is -0.500. The van der Waals surface area contributed by atoms with Crippen molar-refractivity contribution in [1.29, 1.82) is 0 Å². The predicted octanol–water partition coefficient (Wildman–Crippen LogP) is 2.29. The molecule has 0 amide bonds. The normalized spacial score (nSPS) is 17.6. The zero-order valence-electron chi connectivity index (χ0n) is 10.2. The van der Waals surface area contributed by atoms with Crippen LogP contribution in [0.5, 0.6) is 0 Å². The van der Waals surface area contributed by atoms with Gasteiger partial charge in [0.05, 0.1) is 0 Å². The molecule has 0 atom stereocenters. The third kappa shape index (κ3) is 3.98. The van der Waals surface area contributed by atoms with Crippen molar-refractivity contribution in [1.82, 2.24) is 4.72 Å². The summed E-state index contributed by atoms with van der Waals surface area (Å²) in [5, 5.41) is 0. The van der Waals surface area contributed by atoms with Gasteiger partial charge in [0.25, 0.3) is 0 Å². The molecule has 4 nitrogen and oxygen atoms in total. The second-order valence-corrected chi connectivity index (χ2v) is 7.13. The van der Waals surface area contributed by atoms with Gasteiger partial charge in [-0.05, 0) is 37.0 Å². The molecular weight excluding hydrogens is 337 g/mol. The monoisotopic (exact) mass is 351 g/mol. The lowest BCUT2D eigenvalue weighted by Crippen LogP contribution is -2.32. The molecule has 0 aromatic heterocycles. The zero-order chi connectivity index (χ0) is 13.9. The van der Waals surface area contributed by atoms with Gasteiger partial charge in [-0.25, -0.2) is 17.5 Å². The Kier molecular flexibility index (Phi) is 4.94. The van der Waals surface area contributed by atoms with Crippen molar-refractivity contribution in [3.8, 4) is 0 Å². The Morgan fingerprint density at radius 2 is 2.05 bits per heavy atom. The Morgan fingerprint density at radius 3 is 2.68 bits per heavy atom. The number of benzene rings is 1. The summed E-state index contributed by atoms with van der Waals surface area (Å²) in [5.74, 6) is -0.504. The minimum absolute atomic E-state index is 0.252. The Labute approximate surface area is 120 Å². The highest BCUT2D eigenvalue weighted by molar-refractivity contribution is 9.10. The van der Waals surface area contributed by atoms with Crippen molar-refractivity contribution in [2.24, 2.45) is 5.92 Å². The molecule has 1 aliphatic heterocycles. The quantitative estimate of drug-likeness (QED) is 0.905. The molecule has 106 valence electrons. The Morgan fingerprint density at radius 1 is 1.37 bits per heavy atom. The Balaban J connectivity index is 2.05. The van der Waals surface area contributed by atoms with E-state index < -0.39 is 15.8 Å². The molecule has 1 saturated heterocycles. The van der Waals surface area contributed by atoms with Crippen molar-refractivity contribution in [2.45, 2.75) is 17.7 Å². The maximum atomic E-state index is 13.6. The zero-order valence-corrected chi connectivity index (χ0v) is 12.6. The van der Waals surface area contributed by atoms with Crippen LogP contribution in [0.15, 0.2) is 27.6 Å². The van der Waals surface area contributed by atoms with Crippen LogP contribution >= 0.6 is 15.9 Å². The molecule has 2 rings (SSSR count). The SMILES string of the molecule is O=S(=O)(NCC1CCOCC1)c1ccc(Br)cc1F. The van der Waals surface area contributed by atoms with Gasteiger partial charge >= 0.3 is 0 Å². The lowest BCUT2D eigenvalue weighted by molar-refractivity contribution is 0.0678. The molecule has 19 heavy (non-hydrogen) atoms. The van der Waals surface area contributed by atoms with Crippen molar-refractivity contribution in [3.05, 3.63) is 28.5 Å². The van der Waals surface area contributed by atoms with E-state index in [0.29, 0.717) is 24.2 Å². The van der Waals surface area contributed by atoms with Gasteiger partial charge in [0.15, 0.2) is 0 Å². The van der Waals surface area contributed by atoms with Crippen molar-refractivity contribution in [3.63, 3.8) is 0 Å². The molecule has 0 aliphatic carbocycles. The first-order valence-electron chi connectivity index (χ1n) is 6.01. The van der Waals surface area contributed by atoms with E-state index in [1.165, 1.54) is 12.1 Å². The fourth-order valence-electron chi connectivity index (χ4n) is 1.95. The molecule has 1 N–H and O–H groups in total. The molecule has 0 bridgehead atoms. The summed E-state index contributed by atoms with van der Waals surface area (Å²) in [7, 11) is -3.79. The molecule has 1 heterocycles. The number of hydrogen-bond donors (Lipinski definition) is 1. The summed E-state index contributed by atoms with van der Waals surface area (Å²) in [6, 6.07) is 3.90. The minimum atomic E-state index is -3.79. The molecule has 1 aliphatic rings. The van der Waals surface area contributed by atoms with E-state index in [0.717, 1.165) is 18.9 Å². The first-order chi connectivity index (χ1) is 8.99. The van der Waals surface area contributed by atoms with E-state index in [4.69, 9.17) is 4.74 Å². The van der Waals surface area contributed by atoms with Crippen LogP contribution < -0.4 is 4.72 Å². The van der Waals surface area contributed by atoms with Crippen molar-refractivity contribution in [2.75, 3.05) is 19.8 Å². The highest BCUT2D eigenvalue weighted by atomic mass is 79.9. The van der Waals surface area contributed by atoms with Crippen LogP contribution in [0.4, 0.5) is 4.39 Å². The van der Waals surface area contributed by atoms with Gasteiger partial charge < -0.3 is 4.74 Å². The van der Waals surface area contributed by atoms with E-state index in [-0.39, 0.29) is 10.8 Å². The van der Waals surface area contributed by atoms with E-state index >= 15 is 0 Å². The highest BCUT2D eigenvalue weighted by Crippen LogP contribution is 2.20. The first kappa shape index (κ1) is 14.9. The van der Waals surface area contributed by atoms with Crippen LogP contribution in [-0.2, 0) is 14.8 Å². The van der Waals surface area contributed by atoms with Crippen LogP contribution in [0.2, 0.25) is 0 Å². The smallest absolute Gasteiger partial charge is 0.243 e. The molecule has 0 unspecified atom stereocenters. The van der Waals surface area contributed by atoms with E-state index in [1.807, 2.05) is 0 Å². The molecule has 1 aromatic rings. The average molecular weight is 352 g/mol. The minimum Gasteiger partial charge on any atom is -0.381 e. The summed E-state index contributed by atoms with van der Waals surface area (Å²) in [6.45, 7) is 1.62. The van der Waals surface area contributed by atoms with E-state index in [1.54, 1.807) is 0 Å². The number of ether oxygens (including phenoxy) is 1. The van der Waals surface area contributed by atoms with E-state index in [9.17, 15) is 12.8 Å². The third-order valence-corrected chi connectivity index (χ3v) is 5.04. The van der Waals surface area contributed by atoms with Gasteiger partial charge in [-0.15, -0.1) is 0 Å². The van der Waals surface area contributed by atoms with Gasteiger partial charge in [0.1, 0.15) is 10.7 Å². The summed E-state index contributed by atoms with van der Waals surface area (Å²) >= 11 is 3.10. The predicted molar refractivity (Wildman–Crippen MR) is 72.8 cm³/mol.